The zero-order chi connectivity index (χ0) is 14.6. The van der Waals surface area contributed by atoms with E-state index in [9.17, 15) is 9.59 Å². The van der Waals surface area contributed by atoms with Gasteiger partial charge in [-0.3, -0.25) is 0 Å². The van der Waals surface area contributed by atoms with Gasteiger partial charge in [-0.05, 0) is 20.8 Å². The van der Waals surface area contributed by atoms with Gasteiger partial charge in [0.2, 0.25) is 0 Å². The first-order valence-electron chi connectivity index (χ1n) is 5.86. The standard InChI is InChI=1S/C12H19N3O4/c1-12(2,3)19-11(18)14-9(10(16)17)5-8-6-15(4)7-13-8/h6-7,9H,5H2,1-4H3,(H,14,18)(H,16,17)/t9-/m0/s1. The van der Waals surface area contributed by atoms with Crippen LogP contribution in [0.15, 0.2) is 12.5 Å². The third kappa shape index (κ3) is 5.41. The maximum absolute atomic E-state index is 11.5. The molecule has 1 aromatic heterocycles. The first-order chi connectivity index (χ1) is 8.67. The molecular weight excluding hydrogens is 250 g/mol. The van der Waals surface area contributed by atoms with Crippen LogP contribution >= 0.6 is 0 Å². The van der Waals surface area contributed by atoms with Crippen molar-refractivity contribution in [2.24, 2.45) is 7.05 Å². The second-order valence-corrected chi connectivity index (χ2v) is 5.27. The van der Waals surface area contributed by atoms with Gasteiger partial charge in [-0.1, -0.05) is 0 Å². The average Bonchev–Trinajstić information content (AvgIpc) is 2.60. The van der Waals surface area contributed by atoms with E-state index in [1.54, 1.807) is 44.9 Å². The van der Waals surface area contributed by atoms with Crippen LogP contribution in [0.3, 0.4) is 0 Å². The predicted molar refractivity (Wildman–Crippen MR) is 67.7 cm³/mol. The van der Waals surface area contributed by atoms with Crippen molar-refractivity contribution >= 4 is 12.1 Å². The topological polar surface area (TPSA) is 93.5 Å². The van der Waals surface area contributed by atoms with Gasteiger partial charge in [0, 0.05) is 19.7 Å². The Bertz CT molecular complexity index is 462. The lowest BCUT2D eigenvalue weighted by atomic mass is 10.1. The number of aromatic nitrogens is 2. The van der Waals surface area contributed by atoms with E-state index in [1.807, 2.05) is 0 Å². The number of carboxylic acids is 1. The van der Waals surface area contributed by atoms with E-state index in [-0.39, 0.29) is 6.42 Å². The number of alkyl carbamates (subject to hydrolysis) is 1. The van der Waals surface area contributed by atoms with Crippen molar-refractivity contribution in [3.8, 4) is 0 Å². The number of ether oxygens (including phenoxy) is 1. The van der Waals surface area contributed by atoms with Gasteiger partial charge < -0.3 is 19.7 Å². The Kier molecular flexibility index (Phi) is 4.52. The highest BCUT2D eigenvalue weighted by Crippen LogP contribution is 2.08. The summed E-state index contributed by atoms with van der Waals surface area (Å²) in [6.07, 6.45) is 2.62. The minimum Gasteiger partial charge on any atom is -0.480 e. The molecule has 0 spiro atoms. The van der Waals surface area contributed by atoms with Gasteiger partial charge in [-0.25, -0.2) is 14.6 Å². The molecule has 0 unspecified atom stereocenters. The lowest BCUT2D eigenvalue weighted by Gasteiger charge is -2.21. The molecule has 7 heteroatoms. The zero-order valence-electron chi connectivity index (χ0n) is 11.5. The molecule has 0 aliphatic heterocycles. The van der Waals surface area contributed by atoms with Gasteiger partial charge in [-0.2, -0.15) is 0 Å². The summed E-state index contributed by atoms with van der Waals surface area (Å²) in [5.41, 5.74) is -0.0797. The number of nitrogens with one attached hydrogen (secondary N) is 1. The summed E-state index contributed by atoms with van der Waals surface area (Å²) < 4.78 is 6.73. The Balaban J connectivity index is 2.63. The van der Waals surface area contributed by atoms with Crippen LogP contribution in [0.25, 0.3) is 0 Å². The second kappa shape index (κ2) is 5.73. The van der Waals surface area contributed by atoms with Crippen molar-refractivity contribution in [2.45, 2.75) is 38.8 Å². The Morgan fingerprint density at radius 3 is 2.58 bits per heavy atom. The summed E-state index contributed by atoms with van der Waals surface area (Å²) in [5, 5.41) is 11.4. The fraction of sp³-hybridized carbons (Fsp3) is 0.583. The lowest BCUT2D eigenvalue weighted by molar-refractivity contribution is -0.139. The highest BCUT2D eigenvalue weighted by molar-refractivity contribution is 5.80. The number of hydrogen-bond acceptors (Lipinski definition) is 4. The van der Waals surface area contributed by atoms with Gasteiger partial charge in [0.1, 0.15) is 11.6 Å². The Labute approximate surface area is 111 Å². The van der Waals surface area contributed by atoms with Crippen LogP contribution in [0.1, 0.15) is 26.5 Å². The summed E-state index contributed by atoms with van der Waals surface area (Å²) in [5.74, 6) is -1.13. The lowest BCUT2D eigenvalue weighted by Crippen LogP contribution is -2.44. The van der Waals surface area contributed by atoms with E-state index in [0.717, 1.165) is 0 Å². The molecule has 2 N–H and O–H groups in total. The van der Waals surface area contributed by atoms with Gasteiger partial charge >= 0.3 is 12.1 Å². The number of carbonyl (C=O) groups excluding carboxylic acids is 1. The monoisotopic (exact) mass is 269 g/mol. The predicted octanol–water partition coefficient (Wildman–Crippen LogP) is 0.940. The third-order valence-corrected chi connectivity index (χ3v) is 2.16. The molecule has 0 aromatic carbocycles. The highest BCUT2D eigenvalue weighted by Gasteiger charge is 2.24. The summed E-state index contributed by atoms with van der Waals surface area (Å²) >= 11 is 0. The van der Waals surface area contributed by atoms with E-state index in [4.69, 9.17) is 9.84 Å². The maximum atomic E-state index is 11.5. The number of aliphatic carboxylic acids is 1. The number of carbonyl (C=O) groups is 2. The van der Waals surface area contributed by atoms with Crippen molar-refractivity contribution < 1.29 is 19.4 Å². The second-order valence-electron chi connectivity index (χ2n) is 5.27. The normalized spacial score (nSPS) is 12.8. The van der Waals surface area contributed by atoms with E-state index >= 15 is 0 Å². The molecule has 7 nitrogen and oxygen atoms in total. The fourth-order valence-electron chi connectivity index (χ4n) is 1.43. The van der Waals surface area contributed by atoms with E-state index < -0.39 is 23.7 Å². The van der Waals surface area contributed by atoms with Crippen molar-refractivity contribution in [3.05, 3.63) is 18.2 Å². The van der Waals surface area contributed by atoms with Gasteiger partial charge in [0.25, 0.3) is 0 Å². The molecule has 0 saturated carbocycles. The molecular formula is C12H19N3O4. The molecule has 0 saturated heterocycles. The molecule has 0 bridgehead atoms. The van der Waals surface area contributed by atoms with E-state index in [1.165, 1.54) is 0 Å². The number of rotatable bonds is 4. The van der Waals surface area contributed by atoms with Crippen LogP contribution in [0, 0.1) is 0 Å². The van der Waals surface area contributed by atoms with Crippen LogP contribution in [-0.2, 0) is 23.0 Å². The number of nitrogens with zero attached hydrogens (tertiary/aromatic N) is 2. The average molecular weight is 269 g/mol. The number of hydrogen-bond donors (Lipinski definition) is 2. The number of aryl methyl sites for hydroxylation is 1. The van der Waals surface area contributed by atoms with Gasteiger partial charge in [-0.15, -0.1) is 0 Å². The Morgan fingerprint density at radius 2 is 2.16 bits per heavy atom. The maximum Gasteiger partial charge on any atom is 0.408 e. The van der Waals surface area contributed by atoms with Crippen LogP contribution < -0.4 is 5.32 Å². The molecule has 106 valence electrons. The highest BCUT2D eigenvalue weighted by atomic mass is 16.6. The largest absolute Gasteiger partial charge is 0.480 e. The molecule has 1 atom stereocenters. The molecule has 0 fully saturated rings. The molecule has 1 rings (SSSR count). The van der Waals surface area contributed by atoms with Crippen molar-refractivity contribution in [1.82, 2.24) is 14.9 Å². The van der Waals surface area contributed by atoms with Gasteiger partial charge in [0.15, 0.2) is 0 Å². The molecule has 1 heterocycles. The first-order valence-corrected chi connectivity index (χ1v) is 5.86. The van der Waals surface area contributed by atoms with Crippen molar-refractivity contribution in [2.75, 3.05) is 0 Å². The quantitative estimate of drug-likeness (QED) is 0.848. The van der Waals surface area contributed by atoms with Gasteiger partial charge in [0.05, 0.1) is 12.0 Å². The number of amides is 1. The molecule has 1 amide bonds. The minimum atomic E-state index is -1.13. The summed E-state index contributed by atoms with van der Waals surface area (Å²) in [7, 11) is 1.79. The molecule has 1 aromatic rings. The zero-order valence-corrected chi connectivity index (χ0v) is 11.5. The van der Waals surface area contributed by atoms with E-state index in [0.29, 0.717) is 5.69 Å². The summed E-state index contributed by atoms with van der Waals surface area (Å²) in [6, 6.07) is -1.07. The minimum absolute atomic E-state index is 0.107. The van der Waals surface area contributed by atoms with E-state index in [2.05, 4.69) is 10.3 Å². The molecule has 0 aliphatic rings. The molecule has 0 radical (unpaired) electrons. The summed E-state index contributed by atoms with van der Waals surface area (Å²) in [6.45, 7) is 5.13. The molecule has 0 aliphatic carbocycles. The van der Waals surface area contributed by atoms with Crippen LogP contribution in [0.5, 0.6) is 0 Å². The van der Waals surface area contributed by atoms with Crippen LogP contribution in [0.2, 0.25) is 0 Å². The number of imidazole rings is 1. The Morgan fingerprint density at radius 1 is 1.53 bits per heavy atom. The SMILES string of the molecule is Cn1cnc(C[C@H](NC(=O)OC(C)(C)C)C(=O)O)c1. The van der Waals surface area contributed by atoms with Crippen LogP contribution in [-0.4, -0.2) is 38.4 Å². The number of carboxylic acid groups (broad SMARTS) is 1. The van der Waals surface area contributed by atoms with Crippen molar-refractivity contribution in [1.29, 1.82) is 0 Å². The first kappa shape index (κ1) is 15.0. The van der Waals surface area contributed by atoms with Crippen LogP contribution in [0.4, 0.5) is 4.79 Å². The van der Waals surface area contributed by atoms with Crippen molar-refractivity contribution in [3.63, 3.8) is 0 Å². The Hall–Kier alpha value is -2.05. The fourth-order valence-corrected chi connectivity index (χ4v) is 1.43. The smallest absolute Gasteiger partial charge is 0.408 e. The molecule has 19 heavy (non-hydrogen) atoms. The summed E-state index contributed by atoms with van der Waals surface area (Å²) in [4.78, 5) is 26.7. The third-order valence-electron chi connectivity index (χ3n) is 2.16.